The van der Waals surface area contributed by atoms with E-state index in [9.17, 15) is 9.59 Å². The highest BCUT2D eigenvalue weighted by Crippen LogP contribution is 2.55. The number of benzene rings is 3. The Bertz CT molecular complexity index is 2000. The number of nitrogens with zero attached hydrogens (tertiary/aromatic N) is 3. The molecule has 2 amide bonds. The Hall–Kier alpha value is -4.56. The third-order valence-corrected chi connectivity index (χ3v) is 9.60. The van der Waals surface area contributed by atoms with E-state index in [0.717, 1.165) is 32.8 Å². The molecule has 8 heteroatoms. The van der Waals surface area contributed by atoms with E-state index in [1.165, 1.54) is 16.2 Å². The van der Waals surface area contributed by atoms with Crippen LogP contribution in [0.25, 0.3) is 11.0 Å². The Labute approximate surface area is 240 Å². The fourth-order valence-corrected chi connectivity index (χ4v) is 7.05. The number of rotatable bonds is 3. The van der Waals surface area contributed by atoms with Gasteiger partial charge >= 0.3 is 0 Å². The van der Waals surface area contributed by atoms with Crippen molar-refractivity contribution < 1.29 is 14.0 Å². The molecule has 4 heterocycles. The van der Waals surface area contributed by atoms with Crippen molar-refractivity contribution in [3.8, 4) is 0 Å². The quantitative estimate of drug-likeness (QED) is 0.260. The predicted octanol–water partition coefficient (Wildman–Crippen LogP) is 6.24. The minimum atomic E-state index is -1.75. The molecule has 5 aromatic rings. The minimum absolute atomic E-state index is 0.0495. The molecule has 0 aliphatic carbocycles. The van der Waals surface area contributed by atoms with E-state index in [0.29, 0.717) is 27.4 Å². The zero-order valence-corrected chi connectivity index (χ0v) is 24.2. The number of aromatic nitrogens is 1. The molecular weight excluding hydrogens is 534 g/mol. The zero-order chi connectivity index (χ0) is 28.8. The van der Waals surface area contributed by atoms with Gasteiger partial charge in [0.1, 0.15) is 5.58 Å². The van der Waals surface area contributed by atoms with Crippen molar-refractivity contribution in [2.24, 2.45) is 0 Å². The average Bonchev–Trinajstić information content (AvgIpc) is 3.50. The van der Waals surface area contributed by atoms with Crippen LogP contribution in [0.3, 0.4) is 0 Å². The molecule has 1 spiro atoms. The maximum Gasteiger partial charge on any atom is 0.297 e. The van der Waals surface area contributed by atoms with Crippen LogP contribution in [0.1, 0.15) is 54.5 Å². The highest BCUT2D eigenvalue weighted by molar-refractivity contribution is 7.16. The molecule has 0 saturated heterocycles. The van der Waals surface area contributed by atoms with Crippen molar-refractivity contribution >= 4 is 44.9 Å². The Morgan fingerprint density at radius 1 is 0.878 bits per heavy atom. The SMILES string of the molecule is Cc1cc2oc3c(c(=O)c2cc1C)C1(C(=O)N(Cc2ccccc2C)c2ccccc21)N(c1nc(C)c(C)s1)C3=O. The number of aryl methyl sites for hydroxylation is 5. The monoisotopic (exact) mass is 561 g/mol. The van der Waals surface area contributed by atoms with Crippen molar-refractivity contribution in [1.82, 2.24) is 4.98 Å². The highest BCUT2D eigenvalue weighted by Gasteiger charge is 2.66. The molecule has 1 unspecified atom stereocenters. The minimum Gasteiger partial charge on any atom is -0.450 e. The summed E-state index contributed by atoms with van der Waals surface area (Å²) in [6, 6.07) is 18.9. The van der Waals surface area contributed by atoms with Gasteiger partial charge in [0, 0.05) is 10.4 Å². The number of anilines is 2. The van der Waals surface area contributed by atoms with Crippen LogP contribution >= 0.6 is 11.3 Å². The number of hydrogen-bond acceptors (Lipinski definition) is 6. The van der Waals surface area contributed by atoms with Gasteiger partial charge in [0.15, 0.2) is 16.1 Å². The summed E-state index contributed by atoms with van der Waals surface area (Å²) in [5, 5.41) is 0.697. The lowest BCUT2D eigenvalue weighted by molar-refractivity contribution is -0.121. The van der Waals surface area contributed by atoms with Crippen LogP contribution < -0.4 is 15.2 Å². The number of carbonyl (C=O) groups is 2. The normalized spacial score (nSPS) is 17.7. The van der Waals surface area contributed by atoms with Gasteiger partial charge in [0.05, 0.1) is 28.9 Å². The van der Waals surface area contributed by atoms with Crippen LogP contribution in [0.2, 0.25) is 0 Å². The van der Waals surface area contributed by atoms with Gasteiger partial charge < -0.3 is 9.32 Å². The molecule has 0 N–H and O–H groups in total. The van der Waals surface area contributed by atoms with E-state index in [1.54, 1.807) is 17.0 Å². The van der Waals surface area contributed by atoms with Gasteiger partial charge in [-0.25, -0.2) is 4.98 Å². The standard InChI is InChI=1S/C33H27N3O4S/c1-17-10-6-7-11-22(17)16-35-25-13-9-8-12-24(25)33(31(35)39)27-28(37)23-14-18(2)19(3)15-26(23)40-29(27)30(38)36(33)32-34-20(4)21(5)41-32/h6-15H,16H2,1-5H3. The van der Waals surface area contributed by atoms with Crippen molar-refractivity contribution in [3.05, 3.63) is 121 Å². The van der Waals surface area contributed by atoms with Crippen LogP contribution in [0.15, 0.2) is 69.9 Å². The molecule has 0 radical (unpaired) electrons. The smallest absolute Gasteiger partial charge is 0.297 e. The Balaban J connectivity index is 1.58. The molecule has 3 aromatic carbocycles. The molecule has 2 aliphatic heterocycles. The van der Waals surface area contributed by atoms with E-state index in [2.05, 4.69) is 0 Å². The van der Waals surface area contributed by atoms with E-state index >= 15 is 4.79 Å². The summed E-state index contributed by atoms with van der Waals surface area (Å²) < 4.78 is 6.26. The highest BCUT2D eigenvalue weighted by atomic mass is 32.1. The van der Waals surface area contributed by atoms with Crippen LogP contribution in [0.5, 0.6) is 0 Å². The average molecular weight is 562 g/mol. The fraction of sp³-hybridized carbons (Fsp3) is 0.212. The van der Waals surface area contributed by atoms with Crippen molar-refractivity contribution in [2.75, 3.05) is 9.80 Å². The molecule has 1 atom stereocenters. The maximum absolute atomic E-state index is 15.0. The third-order valence-electron chi connectivity index (χ3n) is 8.54. The second-order valence-corrected chi connectivity index (χ2v) is 12.1. The van der Waals surface area contributed by atoms with Gasteiger partial charge in [-0.1, -0.05) is 42.5 Å². The first-order valence-corrected chi connectivity index (χ1v) is 14.3. The lowest BCUT2D eigenvalue weighted by Gasteiger charge is -2.32. The largest absolute Gasteiger partial charge is 0.450 e. The number of carbonyl (C=O) groups excluding carboxylic acids is 2. The van der Waals surface area contributed by atoms with E-state index < -0.39 is 11.4 Å². The number of para-hydroxylation sites is 1. The molecule has 2 aromatic heterocycles. The summed E-state index contributed by atoms with van der Waals surface area (Å²) >= 11 is 1.33. The molecule has 0 saturated carbocycles. The van der Waals surface area contributed by atoms with E-state index in [-0.39, 0.29) is 29.2 Å². The number of amides is 2. The molecule has 0 bridgehead atoms. The molecular formula is C33H27N3O4S. The third kappa shape index (κ3) is 3.31. The van der Waals surface area contributed by atoms with Gasteiger partial charge in [-0.05, 0) is 75.1 Å². The van der Waals surface area contributed by atoms with Gasteiger partial charge in [-0.3, -0.25) is 19.3 Å². The van der Waals surface area contributed by atoms with Crippen molar-refractivity contribution in [3.63, 3.8) is 0 Å². The van der Waals surface area contributed by atoms with Crippen LogP contribution in [0.4, 0.5) is 10.8 Å². The van der Waals surface area contributed by atoms with Crippen molar-refractivity contribution in [2.45, 2.75) is 46.7 Å². The van der Waals surface area contributed by atoms with Crippen molar-refractivity contribution in [1.29, 1.82) is 0 Å². The Morgan fingerprint density at radius 3 is 2.32 bits per heavy atom. The zero-order valence-electron chi connectivity index (χ0n) is 23.4. The number of hydrogen-bond donors (Lipinski definition) is 0. The summed E-state index contributed by atoms with van der Waals surface area (Å²) in [6.45, 7) is 9.94. The lowest BCUT2D eigenvalue weighted by atomic mass is 9.84. The van der Waals surface area contributed by atoms with Gasteiger partial charge in [0.2, 0.25) is 5.76 Å². The second-order valence-electron chi connectivity index (χ2n) is 10.9. The first-order valence-electron chi connectivity index (χ1n) is 13.5. The Kier molecular flexibility index (Phi) is 5.40. The molecule has 2 aliphatic rings. The molecule has 7 nitrogen and oxygen atoms in total. The van der Waals surface area contributed by atoms with Gasteiger partial charge in [-0.2, -0.15) is 0 Å². The summed E-state index contributed by atoms with van der Waals surface area (Å²) in [5.74, 6) is -1.04. The topological polar surface area (TPSA) is 83.7 Å². The van der Waals surface area contributed by atoms with E-state index in [1.807, 2.05) is 83.1 Å². The second kappa shape index (κ2) is 8.72. The lowest BCUT2D eigenvalue weighted by Crippen LogP contribution is -2.53. The van der Waals surface area contributed by atoms with Gasteiger partial charge in [-0.15, -0.1) is 11.3 Å². The maximum atomic E-state index is 15.0. The molecule has 0 fully saturated rings. The fourth-order valence-electron chi connectivity index (χ4n) is 6.08. The summed E-state index contributed by atoms with van der Waals surface area (Å²) in [4.78, 5) is 52.6. The number of fused-ring (bicyclic) bond motifs is 5. The molecule has 41 heavy (non-hydrogen) atoms. The summed E-state index contributed by atoms with van der Waals surface area (Å²) in [5.41, 5.74) is 4.08. The van der Waals surface area contributed by atoms with E-state index in [4.69, 9.17) is 9.40 Å². The summed E-state index contributed by atoms with van der Waals surface area (Å²) in [7, 11) is 0. The first-order chi connectivity index (χ1) is 19.6. The molecule has 204 valence electrons. The van der Waals surface area contributed by atoms with Gasteiger partial charge in [0.25, 0.3) is 11.8 Å². The summed E-state index contributed by atoms with van der Waals surface area (Å²) in [6.07, 6.45) is 0. The van der Waals surface area contributed by atoms with Crippen LogP contribution in [0, 0.1) is 34.6 Å². The first kappa shape index (κ1) is 25.4. The van der Waals surface area contributed by atoms with Crippen LogP contribution in [-0.4, -0.2) is 16.8 Å². The van der Waals surface area contributed by atoms with Crippen LogP contribution in [-0.2, 0) is 16.9 Å². The predicted molar refractivity (Wildman–Crippen MR) is 160 cm³/mol. The molecule has 7 rings (SSSR count). The Morgan fingerprint density at radius 2 is 1.59 bits per heavy atom. The number of thiazole rings is 1.